The Morgan fingerprint density at radius 2 is 1.89 bits per heavy atom. The number of carbonyl (C=O) groups is 2. The second-order valence-corrected chi connectivity index (χ2v) is 5.59. The maximum Gasteiger partial charge on any atom is 0.326 e. The van der Waals surface area contributed by atoms with Crippen molar-refractivity contribution in [2.24, 2.45) is 0 Å². The van der Waals surface area contributed by atoms with E-state index in [0.717, 1.165) is 0 Å². The Bertz CT molecular complexity index is 785. The van der Waals surface area contributed by atoms with Gasteiger partial charge in [-0.3, -0.25) is 9.59 Å². The number of amides is 1. The number of anilines is 2. The Kier molecular flexibility index (Phi) is 6.93. The Morgan fingerprint density at radius 1 is 1.19 bits per heavy atom. The van der Waals surface area contributed by atoms with E-state index in [4.69, 9.17) is 14.2 Å². The van der Waals surface area contributed by atoms with Crippen molar-refractivity contribution in [2.45, 2.75) is 13.0 Å². The molecule has 2 aromatic rings. The Labute approximate surface area is 157 Å². The van der Waals surface area contributed by atoms with Gasteiger partial charge in [0.15, 0.2) is 6.10 Å². The highest BCUT2D eigenvalue weighted by Crippen LogP contribution is 2.29. The molecule has 0 fully saturated rings. The first-order valence-corrected chi connectivity index (χ1v) is 8.15. The third kappa shape index (κ3) is 5.56. The van der Waals surface area contributed by atoms with E-state index in [0.29, 0.717) is 23.1 Å². The number of likely N-dealkylation sites (N-methyl/N-ethyl adjacent to an activating group) is 1. The van der Waals surface area contributed by atoms with Crippen molar-refractivity contribution >= 4 is 23.5 Å². The summed E-state index contributed by atoms with van der Waals surface area (Å²) in [6.45, 7) is 1.39. The predicted octanol–water partition coefficient (Wildman–Crippen LogP) is 1.50. The SMILES string of the molecule is COc1ccc(OC)c(NC(=O)C(C)OC(=O)CN(C)c2ncccn2)c1. The van der Waals surface area contributed by atoms with Gasteiger partial charge < -0.3 is 24.4 Å². The van der Waals surface area contributed by atoms with E-state index in [1.807, 2.05) is 0 Å². The normalized spacial score (nSPS) is 11.3. The number of carbonyl (C=O) groups excluding carboxylic acids is 2. The highest BCUT2D eigenvalue weighted by Gasteiger charge is 2.21. The molecule has 2 rings (SSSR count). The van der Waals surface area contributed by atoms with Crippen LogP contribution in [0.3, 0.4) is 0 Å². The van der Waals surface area contributed by atoms with Gasteiger partial charge in [0.05, 0.1) is 19.9 Å². The van der Waals surface area contributed by atoms with Crippen molar-refractivity contribution in [1.29, 1.82) is 0 Å². The zero-order valence-corrected chi connectivity index (χ0v) is 15.6. The minimum Gasteiger partial charge on any atom is -0.497 e. The van der Waals surface area contributed by atoms with E-state index in [2.05, 4.69) is 15.3 Å². The van der Waals surface area contributed by atoms with Crippen molar-refractivity contribution in [2.75, 3.05) is 38.0 Å². The molecule has 1 amide bonds. The number of ether oxygens (including phenoxy) is 3. The molecule has 1 unspecified atom stereocenters. The first-order chi connectivity index (χ1) is 12.9. The molecule has 0 saturated heterocycles. The first-order valence-electron chi connectivity index (χ1n) is 8.15. The molecule has 27 heavy (non-hydrogen) atoms. The van der Waals surface area contributed by atoms with Crippen LogP contribution in [0, 0.1) is 0 Å². The first kappa shape index (κ1) is 20.0. The minimum atomic E-state index is -1.00. The van der Waals surface area contributed by atoms with Crippen LogP contribution in [-0.4, -0.2) is 55.8 Å². The highest BCUT2D eigenvalue weighted by atomic mass is 16.5. The van der Waals surface area contributed by atoms with Crippen molar-refractivity contribution in [1.82, 2.24) is 9.97 Å². The fraction of sp³-hybridized carbons (Fsp3) is 0.333. The summed E-state index contributed by atoms with van der Waals surface area (Å²) in [5.41, 5.74) is 0.416. The predicted molar refractivity (Wildman–Crippen MR) is 99.0 cm³/mol. The molecule has 0 aliphatic carbocycles. The van der Waals surface area contributed by atoms with E-state index in [1.165, 1.54) is 26.0 Å². The number of nitrogens with zero attached hydrogens (tertiary/aromatic N) is 3. The largest absolute Gasteiger partial charge is 0.497 e. The number of benzene rings is 1. The number of hydrogen-bond acceptors (Lipinski definition) is 8. The Morgan fingerprint density at radius 3 is 2.52 bits per heavy atom. The van der Waals surface area contributed by atoms with Gasteiger partial charge in [0.1, 0.15) is 18.0 Å². The molecule has 144 valence electrons. The second-order valence-electron chi connectivity index (χ2n) is 5.59. The molecule has 1 heterocycles. The summed E-state index contributed by atoms with van der Waals surface area (Å²) in [6, 6.07) is 6.67. The molecular formula is C18H22N4O5. The van der Waals surface area contributed by atoms with Gasteiger partial charge in [0.25, 0.3) is 5.91 Å². The van der Waals surface area contributed by atoms with Gasteiger partial charge >= 0.3 is 5.97 Å². The van der Waals surface area contributed by atoms with Crippen LogP contribution in [0.25, 0.3) is 0 Å². The number of esters is 1. The van der Waals surface area contributed by atoms with E-state index in [9.17, 15) is 9.59 Å². The van der Waals surface area contributed by atoms with Crippen LogP contribution in [0.2, 0.25) is 0 Å². The lowest BCUT2D eigenvalue weighted by atomic mass is 10.2. The number of methoxy groups -OCH3 is 2. The van der Waals surface area contributed by atoms with E-state index >= 15 is 0 Å². The quantitative estimate of drug-likeness (QED) is 0.694. The lowest BCUT2D eigenvalue weighted by Crippen LogP contribution is -2.35. The fourth-order valence-corrected chi connectivity index (χ4v) is 2.19. The monoisotopic (exact) mass is 374 g/mol. The molecule has 0 saturated carbocycles. The number of rotatable bonds is 8. The van der Waals surface area contributed by atoms with E-state index in [1.54, 1.807) is 43.7 Å². The lowest BCUT2D eigenvalue weighted by Gasteiger charge is -2.18. The molecule has 9 nitrogen and oxygen atoms in total. The summed E-state index contributed by atoms with van der Waals surface area (Å²) in [4.78, 5) is 34.0. The molecule has 0 aliphatic heterocycles. The number of aromatic nitrogens is 2. The van der Waals surface area contributed by atoms with Crippen LogP contribution in [0.1, 0.15) is 6.92 Å². The van der Waals surface area contributed by atoms with Crippen molar-refractivity contribution in [3.63, 3.8) is 0 Å². The summed E-state index contributed by atoms with van der Waals surface area (Å²) < 4.78 is 15.5. The van der Waals surface area contributed by atoms with Gasteiger partial charge in [-0.1, -0.05) is 0 Å². The lowest BCUT2D eigenvalue weighted by molar-refractivity contribution is -0.151. The zero-order chi connectivity index (χ0) is 19.8. The molecule has 0 spiro atoms. The van der Waals surface area contributed by atoms with E-state index in [-0.39, 0.29) is 6.54 Å². The molecule has 1 aromatic heterocycles. The van der Waals surface area contributed by atoms with Gasteiger partial charge in [-0.2, -0.15) is 0 Å². The fourth-order valence-electron chi connectivity index (χ4n) is 2.19. The average Bonchev–Trinajstić information content (AvgIpc) is 2.68. The molecule has 1 atom stereocenters. The summed E-state index contributed by atoms with van der Waals surface area (Å²) in [5.74, 6) is 0.329. The van der Waals surface area contributed by atoms with Gasteiger partial charge in [-0.15, -0.1) is 0 Å². The summed E-state index contributed by atoms with van der Waals surface area (Å²) in [6.07, 6.45) is 2.14. The van der Waals surface area contributed by atoms with E-state index < -0.39 is 18.0 Å². The van der Waals surface area contributed by atoms with Gasteiger partial charge in [0, 0.05) is 25.5 Å². The molecule has 0 bridgehead atoms. The standard InChI is InChI=1S/C18H22N4O5/c1-12(27-16(23)11-22(2)18-19-8-5-9-20-18)17(24)21-14-10-13(25-3)6-7-15(14)26-4/h5-10,12H,11H2,1-4H3,(H,21,24). The zero-order valence-electron chi connectivity index (χ0n) is 15.6. The smallest absolute Gasteiger partial charge is 0.326 e. The maximum atomic E-state index is 12.3. The topological polar surface area (TPSA) is 103 Å². The minimum absolute atomic E-state index is 0.0931. The number of hydrogen-bond donors (Lipinski definition) is 1. The van der Waals surface area contributed by atoms with Crippen LogP contribution in [0.15, 0.2) is 36.7 Å². The Hall–Kier alpha value is -3.36. The summed E-state index contributed by atoms with van der Waals surface area (Å²) >= 11 is 0. The van der Waals surface area contributed by atoms with Crippen molar-refractivity contribution in [3.8, 4) is 11.5 Å². The maximum absolute atomic E-state index is 12.3. The molecule has 0 aliphatic rings. The molecule has 9 heteroatoms. The second kappa shape index (κ2) is 9.37. The molecular weight excluding hydrogens is 352 g/mol. The third-order valence-corrected chi connectivity index (χ3v) is 3.60. The Balaban J connectivity index is 1.94. The van der Waals surface area contributed by atoms with Crippen molar-refractivity contribution < 1.29 is 23.8 Å². The summed E-state index contributed by atoms with van der Waals surface area (Å²) in [7, 11) is 4.66. The third-order valence-electron chi connectivity index (χ3n) is 3.60. The number of nitrogens with one attached hydrogen (secondary N) is 1. The van der Waals surface area contributed by atoms with Gasteiger partial charge in [0.2, 0.25) is 5.95 Å². The van der Waals surface area contributed by atoms with Gasteiger partial charge in [-0.05, 0) is 25.1 Å². The summed E-state index contributed by atoms with van der Waals surface area (Å²) in [5, 5.41) is 2.67. The molecule has 1 N–H and O–H groups in total. The van der Waals surface area contributed by atoms with Crippen LogP contribution in [-0.2, 0) is 14.3 Å². The molecule has 0 radical (unpaired) electrons. The average molecular weight is 374 g/mol. The van der Waals surface area contributed by atoms with Crippen LogP contribution >= 0.6 is 0 Å². The van der Waals surface area contributed by atoms with Crippen LogP contribution in [0.4, 0.5) is 11.6 Å². The molecule has 1 aromatic carbocycles. The van der Waals surface area contributed by atoms with Gasteiger partial charge in [-0.25, -0.2) is 9.97 Å². The highest BCUT2D eigenvalue weighted by molar-refractivity contribution is 5.96. The van der Waals surface area contributed by atoms with Crippen LogP contribution in [0.5, 0.6) is 11.5 Å². The van der Waals surface area contributed by atoms with Crippen molar-refractivity contribution in [3.05, 3.63) is 36.7 Å². The van der Waals surface area contributed by atoms with Crippen LogP contribution < -0.4 is 19.7 Å².